The molecule has 0 saturated carbocycles. The third kappa shape index (κ3) is 44.7. The summed E-state index contributed by atoms with van der Waals surface area (Å²) in [5.41, 5.74) is 0. The van der Waals surface area contributed by atoms with Crippen LogP contribution in [-0.2, 0) is 4.79 Å². The average Bonchev–Trinajstić information content (AvgIpc) is 3.24. The molecular formula is C54H105NO4. The highest BCUT2D eigenvalue weighted by molar-refractivity contribution is 5.76. The summed E-state index contributed by atoms with van der Waals surface area (Å²) in [6.07, 6.45) is 62.0. The van der Waals surface area contributed by atoms with Gasteiger partial charge < -0.3 is 20.6 Å². The Morgan fingerprint density at radius 1 is 0.407 bits per heavy atom. The molecule has 0 rings (SSSR count). The molecule has 5 heteroatoms. The van der Waals surface area contributed by atoms with Crippen LogP contribution >= 0.6 is 0 Å². The Morgan fingerprint density at radius 2 is 0.678 bits per heavy atom. The maximum atomic E-state index is 12.5. The Bertz CT molecular complexity index is 874. The number of carbonyl (C=O) groups excluding carboxylic acids is 1. The molecule has 4 N–H and O–H groups in total. The standard InChI is InChI=1S/C54H105NO4/c1-3-5-7-9-11-13-15-17-18-19-20-21-22-23-24-25-26-27-28-29-30-31-32-33-34-35-36-37-39-41-43-45-47-49-53(58)55-51(50-56)54(59)52(57)48-46-44-42-40-38-16-14-12-10-8-6-4-2/h23-24,40,42,51-52,54,56-57,59H,3-22,25-39,41,43-50H2,1-2H3,(H,55,58)/b24-23-,42-40+. The van der Waals surface area contributed by atoms with Crippen LogP contribution in [0.5, 0.6) is 0 Å². The van der Waals surface area contributed by atoms with Gasteiger partial charge in [0.15, 0.2) is 0 Å². The second kappa shape index (κ2) is 49.5. The third-order valence-electron chi connectivity index (χ3n) is 12.5. The van der Waals surface area contributed by atoms with Crippen LogP contribution in [0, 0.1) is 0 Å². The zero-order valence-electron chi connectivity index (χ0n) is 39.9. The van der Waals surface area contributed by atoms with Crippen LogP contribution in [-0.4, -0.2) is 46.1 Å². The molecule has 3 unspecified atom stereocenters. The van der Waals surface area contributed by atoms with Crippen molar-refractivity contribution in [2.45, 2.75) is 308 Å². The molecule has 0 aliphatic carbocycles. The summed E-state index contributed by atoms with van der Waals surface area (Å²) in [6, 6.07) is -0.823. The van der Waals surface area contributed by atoms with E-state index in [4.69, 9.17) is 0 Å². The number of aliphatic hydroxyl groups is 3. The van der Waals surface area contributed by atoms with E-state index in [-0.39, 0.29) is 12.5 Å². The highest BCUT2D eigenvalue weighted by Crippen LogP contribution is 2.17. The Labute approximate surface area is 369 Å². The van der Waals surface area contributed by atoms with E-state index in [1.165, 1.54) is 225 Å². The predicted octanol–water partition coefficient (Wildman–Crippen LogP) is 16.1. The molecule has 0 fully saturated rings. The van der Waals surface area contributed by atoms with Crippen molar-refractivity contribution in [1.29, 1.82) is 0 Å². The number of hydrogen-bond donors (Lipinski definition) is 4. The normalized spacial score (nSPS) is 13.5. The fourth-order valence-electron chi connectivity index (χ4n) is 8.40. The lowest BCUT2D eigenvalue weighted by atomic mass is 10.0. The lowest BCUT2D eigenvalue weighted by Crippen LogP contribution is -2.50. The lowest BCUT2D eigenvalue weighted by Gasteiger charge is -2.26. The van der Waals surface area contributed by atoms with Crippen LogP contribution in [0.3, 0.4) is 0 Å². The lowest BCUT2D eigenvalue weighted by molar-refractivity contribution is -0.124. The fraction of sp³-hybridized carbons (Fsp3) is 0.907. The van der Waals surface area contributed by atoms with Gasteiger partial charge in [0.2, 0.25) is 5.91 Å². The first kappa shape index (κ1) is 57.8. The maximum absolute atomic E-state index is 12.5. The molecule has 3 atom stereocenters. The molecule has 350 valence electrons. The molecule has 0 bridgehead atoms. The number of unbranched alkanes of at least 4 members (excludes halogenated alkanes) is 37. The van der Waals surface area contributed by atoms with E-state index in [9.17, 15) is 20.1 Å². The molecule has 1 amide bonds. The largest absolute Gasteiger partial charge is 0.394 e. The third-order valence-corrected chi connectivity index (χ3v) is 12.5. The molecule has 0 aromatic carbocycles. The molecule has 0 saturated heterocycles. The molecule has 0 heterocycles. The van der Waals surface area contributed by atoms with Crippen molar-refractivity contribution < 1.29 is 20.1 Å². The van der Waals surface area contributed by atoms with Crippen molar-refractivity contribution in [3.8, 4) is 0 Å². The number of hydrogen-bond acceptors (Lipinski definition) is 4. The van der Waals surface area contributed by atoms with Gasteiger partial charge in [-0.15, -0.1) is 0 Å². The molecule has 0 aromatic heterocycles. The van der Waals surface area contributed by atoms with E-state index >= 15 is 0 Å². The highest BCUT2D eigenvalue weighted by atomic mass is 16.3. The maximum Gasteiger partial charge on any atom is 0.220 e. The van der Waals surface area contributed by atoms with Gasteiger partial charge in [0, 0.05) is 6.42 Å². The van der Waals surface area contributed by atoms with Crippen LogP contribution in [0.1, 0.15) is 290 Å². The SMILES string of the molecule is CCCCCCCCC/C=C/CCCC(O)C(O)C(CO)NC(=O)CCCCCCCCCCCCCCCCCCC/C=C\CCCCCCCCCCCCCC. The first-order valence-electron chi connectivity index (χ1n) is 26.6. The smallest absolute Gasteiger partial charge is 0.220 e. The number of rotatable bonds is 49. The van der Waals surface area contributed by atoms with Gasteiger partial charge in [-0.25, -0.2) is 0 Å². The van der Waals surface area contributed by atoms with Gasteiger partial charge >= 0.3 is 0 Å². The van der Waals surface area contributed by atoms with Gasteiger partial charge in [0.1, 0.15) is 6.10 Å². The minimum atomic E-state index is -1.16. The monoisotopic (exact) mass is 832 g/mol. The van der Waals surface area contributed by atoms with Crippen LogP contribution < -0.4 is 5.32 Å². The van der Waals surface area contributed by atoms with Crippen molar-refractivity contribution in [3.63, 3.8) is 0 Å². The zero-order valence-corrected chi connectivity index (χ0v) is 39.9. The zero-order chi connectivity index (χ0) is 43.0. The van der Waals surface area contributed by atoms with Crippen LogP contribution in [0.25, 0.3) is 0 Å². The topological polar surface area (TPSA) is 89.8 Å². The second-order valence-corrected chi connectivity index (χ2v) is 18.4. The van der Waals surface area contributed by atoms with Gasteiger partial charge in [-0.1, -0.05) is 244 Å². The van der Waals surface area contributed by atoms with Crippen molar-refractivity contribution in [1.82, 2.24) is 5.32 Å². The van der Waals surface area contributed by atoms with E-state index in [0.717, 1.165) is 38.5 Å². The van der Waals surface area contributed by atoms with Crippen LogP contribution in [0.15, 0.2) is 24.3 Å². The summed E-state index contributed by atoms with van der Waals surface area (Å²) in [5.74, 6) is -0.151. The molecule has 0 aromatic rings. The second-order valence-electron chi connectivity index (χ2n) is 18.4. The van der Waals surface area contributed by atoms with E-state index in [1.807, 2.05) is 0 Å². The van der Waals surface area contributed by atoms with Crippen molar-refractivity contribution >= 4 is 5.91 Å². The van der Waals surface area contributed by atoms with E-state index < -0.39 is 18.2 Å². The Hall–Kier alpha value is -1.17. The number of allylic oxidation sites excluding steroid dienone is 4. The van der Waals surface area contributed by atoms with E-state index in [0.29, 0.717) is 12.8 Å². The molecule has 59 heavy (non-hydrogen) atoms. The van der Waals surface area contributed by atoms with Gasteiger partial charge in [-0.3, -0.25) is 4.79 Å². The van der Waals surface area contributed by atoms with Crippen molar-refractivity contribution in [3.05, 3.63) is 24.3 Å². The molecule has 5 nitrogen and oxygen atoms in total. The summed E-state index contributed by atoms with van der Waals surface area (Å²) < 4.78 is 0. The Morgan fingerprint density at radius 3 is 0.983 bits per heavy atom. The first-order chi connectivity index (χ1) is 29.1. The Balaban J connectivity index is 3.47. The highest BCUT2D eigenvalue weighted by Gasteiger charge is 2.26. The summed E-state index contributed by atoms with van der Waals surface area (Å²) >= 11 is 0. The van der Waals surface area contributed by atoms with Crippen molar-refractivity contribution in [2.24, 2.45) is 0 Å². The van der Waals surface area contributed by atoms with Gasteiger partial charge in [-0.05, 0) is 64.2 Å². The molecule has 0 radical (unpaired) electrons. The fourth-order valence-corrected chi connectivity index (χ4v) is 8.40. The van der Waals surface area contributed by atoms with Gasteiger partial charge in [0.05, 0.1) is 18.8 Å². The number of nitrogens with one attached hydrogen (secondary N) is 1. The van der Waals surface area contributed by atoms with Crippen LogP contribution in [0.2, 0.25) is 0 Å². The quantitative estimate of drug-likeness (QED) is 0.0363. The summed E-state index contributed by atoms with van der Waals surface area (Å²) in [6.45, 7) is 4.17. The average molecular weight is 832 g/mol. The molecule has 0 aliphatic heterocycles. The molecule has 0 aliphatic rings. The van der Waals surface area contributed by atoms with Gasteiger partial charge in [-0.2, -0.15) is 0 Å². The van der Waals surface area contributed by atoms with E-state index in [1.54, 1.807) is 0 Å². The molecule has 0 spiro atoms. The van der Waals surface area contributed by atoms with E-state index in [2.05, 4.69) is 43.5 Å². The number of carbonyl (C=O) groups is 1. The number of amides is 1. The summed E-state index contributed by atoms with van der Waals surface area (Å²) in [5, 5.41) is 33.5. The van der Waals surface area contributed by atoms with Crippen molar-refractivity contribution in [2.75, 3.05) is 6.61 Å². The summed E-state index contributed by atoms with van der Waals surface area (Å²) in [4.78, 5) is 12.5. The molecular weight excluding hydrogens is 727 g/mol. The first-order valence-corrected chi connectivity index (χ1v) is 26.6. The van der Waals surface area contributed by atoms with Gasteiger partial charge in [0.25, 0.3) is 0 Å². The minimum Gasteiger partial charge on any atom is -0.394 e. The Kier molecular flexibility index (Phi) is 48.5. The summed E-state index contributed by atoms with van der Waals surface area (Å²) in [7, 11) is 0. The number of aliphatic hydroxyl groups excluding tert-OH is 3. The van der Waals surface area contributed by atoms with Crippen LogP contribution in [0.4, 0.5) is 0 Å². The minimum absolute atomic E-state index is 0.151. The predicted molar refractivity (Wildman–Crippen MR) is 259 cm³/mol.